The van der Waals surface area contributed by atoms with Gasteiger partial charge in [-0.3, -0.25) is 4.79 Å². The molecule has 2 atom stereocenters. The van der Waals surface area contributed by atoms with Crippen LogP contribution in [0, 0.1) is 34.6 Å². The molecule has 0 radical (unpaired) electrons. The smallest absolute Gasteiger partial charge is 0.261 e. The average molecular weight is 339 g/mol. The second kappa shape index (κ2) is 7.73. The molecule has 2 rings (SSSR count). The molecule has 3 heteroatoms. The van der Waals surface area contributed by atoms with Crippen molar-refractivity contribution in [2.75, 3.05) is 0 Å². The Morgan fingerprint density at radius 1 is 0.920 bits per heavy atom. The van der Waals surface area contributed by atoms with E-state index in [4.69, 9.17) is 4.74 Å². The van der Waals surface area contributed by atoms with Gasteiger partial charge in [0.15, 0.2) is 6.10 Å². The summed E-state index contributed by atoms with van der Waals surface area (Å²) in [5.41, 5.74) is 7.08. The molecule has 0 spiro atoms. The number of hydrogen-bond acceptors (Lipinski definition) is 2. The number of amides is 1. The summed E-state index contributed by atoms with van der Waals surface area (Å²) < 4.78 is 5.89. The highest BCUT2D eigenvalue weighted by Crippen LogP contribution is 2.23. The lowest BCUT2D eigenvalue weighted by molar-refractivity contribution is -0.127. The fourth-order valence-corrected chi connectivity index (χ4v) is 2.95. The predicted molar refractivity (Wildman–Crippen MR) is 103 cm³/mol. The molecular formula is C22H29NO2. The van der Waals surface area contributed by atoms with Crippen molar-refractivity contribution in [1.82, 2.24) is 5.32 Å². The molecule has 2 unspecified atom stereocenters. The maximum atomic E-state index is 12.6. The van der Waals surface area contributed by atoms with Crippen molar-refractivity contribution in [3.05, 3.63) is 63.7 Å². The van der Waals surface area contributed by atoms with Crippen LogP contribution < -0.4 is 10.1 Å². The summed E-state index contributed by atoms with van der Waals surface area (Å²) in [6.45, 7) is 14.1. The lowest BCUT2D eigenvalue weighted by Crippen LogP contribution is -2.38. The first-order valence-corrected chi connectivity index (χ1v) is 8.81. The quantitative estimate of drug-likeness (QED) is 0.843. The normalized spacial score (nSPS) is 13.2. The van der Waals surface area contributed by atoms with Gasteiger partial charge in [0, 0.05) is 0 Å². The second-order valence-corrected chi connectivity index (χ2v) is 6.98. The Morgan fingerprint density at radius 2 is 1.56 bits per heavy atom. The number of carbonyl (C=O) groups is 1. The van der Waals surface area contributed by atoms with E-state index >= 15 is 0 Å². The zero-order valence-corrected chi connectivity index (χ0v) is 16.4. The highest BCUT2D eigenvalue weighted by molar-refractivity contribution is 5.81. The van der Waals surface area contributed by atoms with E-state index in [0.717, 1.165) is 22.4 Å². The summed E-state index contributed by atoms with van der Waals surface area (Å²) >= 11 is 0. The molecule has 0 aliphatic carbocycles. The van der Waals surface area contributed by atoms with Crippen molar-refractivity contribution < 1.29 is 9.53 Å². The van der Waals surface area contributed by atoms with Crippen molar-refractivity contribution in [3.8, 4) is 5.75 Å². The number of hydrogen-bond donors (Lipinski definition) is 1. The van der Waals surface area contributed by atoms with E-state index in [9.17, 15) is 4.79 Å². The van der Waals surface area contributed by atoms with E-state index in [1.165, 1.54) is 16.7 Å². The summed E-state index contributed by atoms with van der Waals surface area (Å²) in [5, 5.41) is 3.07. The molecule has 1 amide bonds. The summed E-state index contributed by atoms with van der Waals surface area (Å²) in [4.78, 5) is 12.6. The van der Waals surface area contributed by atoms with Crippen LogP contribution in [0.15, 0.2) is 30.3 Å². The molecule has 2 aromatic rings. The molecule has 0 heterocycles. The summed E-state index contributed by atoms with van der Waals surface area (Å²) in [6.07, 6.45) is -0.546. The van der Waals surface area contributed by atoms with Crippen molar-refractivity contribution in [1.29, 1.82) is 0 Å². The van der Waals surface area contributed by atoms with Crippen LogP contribution >= 0.6 is 0 Å². The van der Waals surface area contributed by atoms with Gasteiger partial charge in [-0.05, 0) is 87.9 Å². The minimum atomic E-state index is -0.546. The Hall–Kier alpha value is -2.29. The van der Waals surface area contributed by atoms with E-state index in [1.54, 1.807) is 6.92 Å². The van der Waals surface area contributed by atoms with Crippen molar-refractivity contribution >= 4 is 5.91 Å². The molecule has 25 heavy (non-hydrogen) atoms. The van der Waals surface area contributed by atoms with Crippen LogP contribution in [-0.4, -0.2) is 12.0 Å². The van der Waals surface area contributed by atoms with Gasteiger partial charge in [-0.15, -0.1) is 0 Å². The molecule has 0 saturated carbocycles. The maximum absolute atomic E-state index is 12.6. The van der Waals surface area contributed by atoms with E-state index < -0.39 is 6.10 Å². The third-order valence-electron chi connectivity index (χ3n) is 4.94. The average Bonchev–Trinajstić information content (AvgIpc) is 2.54. The number of ether oxygens (including phenoxy) is 1. The van der Waals surface area contributed by atoms with Crippen LogP contribution in [0.3, 0.4) is 0 Å². The third kappa shape index (κ3) is 4.41. The maximum Gasteiger partial charge on any atom is 0.261 e. The highest BCUT2D eigenvalue weighted by Gasteiger charge is 2.19. The molecule has 3 nitrogen and oxygen atoms in total. The standard InChI is InChI=1S/C22H29NO2/c1-13-9-8-10-21(17(13)5)25-19(7)22(24)23-18(6)20-12-15(3)14(2)11-16(20)4/h8-12,18-19H,1-7H3,(H,23,24). The zero-order chi connectivity index (χ0) is 18.7. The molecule has 0 aliphatic heterocycles. The minimum absolute atomic E-state index is 0.0588. The summed E-state index contributed by atoms with van der Waals surface area (Å²) in [7, 11) is 0. The molecule has 0 fully saturated rings. The molecular weight excluding hydrogens is 310 g/mol. The van der Waals surface area contributed by atoms with Gasteiger partial charge in [-0.2, -0.15) is 0 Å². The van der Waals surface area contributed by atoms with Crippen molar-refractivity contribution in [2.24, 2.45) is 0 Å². The van der Waals surface area contributed by atoms with Crippen LogP contribution in [0.4, 0.5) is 0 Å². The van der Waals surface area contributed by atoms with Gasteiger partial charge in [0.1, 0.15) is 5.75 Å². The molecule has 0 saturated heterocycles. The van der Waals surface area contributed by atoms with Crippen LogP contribution in [0.25, 0.3) is 0 Å². The highest BCUT2D eigenvalue weighted by atomic mass is 16.5. The predicted octanol–water partition coefficient (Wildman–Crippen LogP) is 4.87. The molecule has 2 aromatic carbocycles. The first-order chi connectivity index (χ1) is 11.7. The van der Waals surface area contributed by atoms with Crippen LogP contribution in [-0.2, 0) is 4.79 Å². The number of aryl methyl sites for hydroxylation is 4. The van der Waals surface area contributed by atoms with Crippen LogP contribution in [0.2, 0.25) is 0 Å². The Labute approximate surface area is 151 Å². The van der Waals surface area contributed by atoms with E-state index in [0.29, 0.717) is 0 Å². The lowest BCUT2D eigenvalue weighted by atomic mass is 9.96. The van der Waals surface area contributed by atoms with Gasteiger partial charge in [-0.1, -0.05) is 24.3 Å². The SMILES string of the molecule is Cc1cc(C)c(C(C)NC(=O)C(C)Oc2cccc(C)c2C)cc1C. The fraction of sp³-hybridized carbons (Fsp3) is 0.409. The topological polar surface area (TPSA) is 38.3 Å². The van der Waals surface area contributed by atoms with Crippen molar-refractivity contribution in [3.63, 3.8) is 0 Å². The molecule has 0 bridgehead atoms. The summed E-state index contributed by atoms with van der Waals surface area (Å²) in [5.74, 6) is 0.656. The van der Waals surface area contributed by atoms with Gasteiger partial charge in [0.25, 0.3) is 5.91 Å². The van der Waals surface area contributed by atoms with E-state index in [-0.39, 0.29) is 11.9 Å². The molecule has 134 valence electrons. The molecule has 0 aliphatic rings. The number of nitrogens with one attached hydrogen (secondary N) is 1. The number of rotatable bonds is 5. The largest absolute Gasteiger partial charge is 0.481 e. The number of carbonyl (C=O) groups excluding carboxylic acids is 1. The lowest BCUT2D eigenvalue weighted by Gasteiger charge is -2.22. The summed E-state index contributed by atoms with van der Waals surface area (Å²) in [6, 6.07) is 10.2. The number of benzene rings is 2. The zero-order valence-electron chi connectivity index (χ0n) is 16.4. The van der Waals surface area contributed by atoms with Gasteiger partial charge in [0.2, 0.25) is 0 Å². The van der Waals surface area contributed by atoms with Gasteiger partial charge >= 0.3 is 0 Å². The van der Waals surface area contributed by atoms with E-state index in [2.05, 4.69) is 38.2 Å². The molecule has 0 aromatic heterocycles. The first-order valence-electron chi connectivity index (χ1n) is 8.81. The Bertz CT molecular complexity index is 780. The second-order valence-electron chi connectivity index (χ2n) is 6.98. The fourth-order valence-electron chi connectivity index (χ4n) is 2.95. The molecule has 1 N–H and O–H groups in total. The first kappa shape index (κ1) is 19.0. The minimum Gasteiger partial charge on any atom is -0.481 e. The Balaban J connectivity index is 2.08. The van der Waals surface area contributed by atoms with Crippen LogP contribution in [0.1, 0.15) is 53.3 Å². The van der Waals surface area contributed by atoms with E-state index in [1.807, 2.05) is 39.0 Å². The van der Waals surface area contributed by atoms with Crippen molar-refractivity contribution in [2.45, 2.75) is 60.6 Å². The Morgan fingerprint density at radius 3 is 2.24 bits per heavy atom. The van der Waals surface area contributed by atoms with Gasteiger partial charge in [-0.25, -0.2) is 0 Å². The van der Waals surface area contributed by atoms with Gasteiger partial charge in [0.05, 0.1) is 6.04 Å². The van der Waals surface area contributed by atoms with Crippen LogP contribution in [0.5, 0.6) is 5.75 Å². The third-order valence-corrected chi connectivity index (χ3v) is 4.94. The Kier molecular flexibility index (Phi) is 5.89. The monoisotopic (exact) mass is 339 g/mol. The van der Waals surface area contributed by atoms with Gasteiger partial charge < -0.3 is 10.1 Å².